The van der Waals surface area contributed by atoms with E-state index in [1.165, 1.54) is 12.1 Å². The third kappa shape index (κ3) is 5.50. The molecule has 2 N–H and O–H groups in total. The van der Waals surface area contributed by atoms with Crippen molar-refractivity contribution in [3.05, 3.63) is 24.3 Å². The first-order valence-corrected chi connectivity index (χ1v) is 10.2. The third-order valence-corrected chi connectivity index (χ3v) is 5.90. The molecule has 1 saturated heterocycles. The number of amides is 1. The molecule has 1 aliphatic heterocycles. The minimum Gasteiger partial charge on any atom is -0.379 e. The molecule has 8 heteroatoms. The second-order valence-electron chi connectivity index (χ2n) is 6.49. The molecule has 25 heavy (non-hydrogen) atoms. The maximum absolute atomic E-state index is 12.3. The van der Waals surface area contributed by atoms with Crippen molar-refractivity contribution in [3.8, 4) is 0 Å². The van der Waals surface area contributed by atoms with E-state index in [2.05, 4.69) is 14.9 Å². The van der Waals surface area contributed by atoms with Crippen molar-refractivity contribution >= 4 is 21.6 Å². The van der Waals surface area contributed by atoms with Crippen molar-refractivity contribution in [1.82, 2.24) is 9.62 Å². The van der Waals surface area contributed by atoms with E-state index in [-0.39, 0.29) is 16.7 Å². The normalized spacial score (nSPS) is 18.9. The Balaban J connectivity index is 1.45. The molecule has 0 spiro atoms. The number of benzene rings is 1. The lowest BCUT2D eigenvalue weighted by atomic mass is 10.3. The van der Waals surface area contributed by atoms with Crippen molar-refractivity contribution in [2.24, 2.45) is 5.92 Å². The van der Waals surface area contributed by atoms with E-state index in [0.29, 0.717) is 12.2 Å². The predicted octanol–water partition coefficient (Wildman–Crippen LogP) is 1.04. The van der Waals surface area contributed by atoms with Gasteiger partial charge in [-0.2, -0.15) is 0 Å². The van der Waals surface area contributed by atoms with Crippen LogP contribution in [0.4, 0.5) is 5.69 Å². The molecule has 1 saturated carbocycles. The summed E-state index contributed by atoms with van der Waals surface area (Å²) in [6.07, 6.45) is 2.63. The van der Waals surface area contributed by atoms with Crippen LogP contribution in [-0.2, 0) is 19.6 Å². The molecule has 0 unspecified atom stereocenters. The Morgan fingerprint density at radius 3 is 2.48 bits per heavy atom. The van der Waals surface area contributed by atoms with Gasteiger partial charge in [-0.1, -0.05) is 0 Å². The van der Waals surface area contributed by atoms with Gasteiger partial charge in [0.2, 0.25) is 15.9 Å². The molecule has 1 amide bonds. The van der Waals surface area contributed by atoms with Gasteiger partial charge in [-0.05, 0) is 50.1 Å². The molecule has 7 nitrogen and oxygen atoms in total. The summed E-state index contributed by atoms with van der Waals surface area (Å²) >= 11 is 0. The van der Waals surface area contributed by atoms with Crippen molar-refractivity contribution < 1.29 is 17.9 Å². The second kappa shape index (κ2) is 8.27. The van der Waals surface area contributed by atoms with Crippen LogP contribution in [0.1, 0.15) is 19.3 Å². The zero-order chi connectivity index (χ0) is 17.7. The van der Waals surface area contributed by atoms with Gasteiger partial charge in [0.15, 0.2) is 0 Å². The SMILES string of the molecule is O=C(Nc1ccc(S(=O)(=O)NCCCN2CCOCC2)cc1)C1CC1. The summed E-state index contributed by atoms with van der Waals surface area (Å²) in [5.41, 5.74) is 0.628. The highest BCUT2D eigenvalue weighted by Gasteiger charge is 2.29. The van der Waals surface area contributed by atoms with Crippen LogP contribution >= 0.6 is 0 Å². The molecular weight excluding hydrogens is 342 g/mol. The molecular formula is C17H25N3O4S. The Kier molecular flexibility index (Phi) is 6.06. The summed E-state index contributed by atoms with van der Waals surface area (Å²) < 4.78 is 32.5. The summed E-state index contributed by atoms with van der Waals surface area (Å²) in [4.78, 5) is 14.2. The zero-order valence-corrected chi connectivity index (χ0v) is 15.1. The van der Waals surface area contributed by atoms with Crippen LogP contribution in [0, 0.1) is 5.92 Å². The molecule has 1 aromatic carbocycles. The van der Waals surface area contributed by atoms with Crippen LogP contribution in [0.15, 0.2) is 29.2 Å². The lowest BCUT2D eigenvalue weighted by molar-refractivity contribution is -0.117. The van der Waals surface area contributed by atoms with Gasteiger partial charge in [0.05, 0.1) is 18.1 Å². The molecule has 0 radical (unpaired) electrons. The van der Waals surface area contributed by atoms with E-state index in [0.717, 1.165) is 52.1 Å². The third-order valence-electron chi connectivity index (χ3n) is 4.43. The van der Waals surface area contributed by atoms with Gasteiger partial charge in [-0.15, -0.1) is 0 Å². The number of hydrogen-bond donors (Lipinski definition) is 2. The predicted molar refractivity (Wildman–Crippen MR) is 94.9 cm³/mol. The fourth-order valence-electron chi connectivity index (χ4n) is 2.72. The molecule has 1 aliphatic carbocycles. The van der Waals surface area contributed by atoms with Crippen LogP contribution in [0.3, 0.4) is 0 Å². The summed E-state index contributed by atoms with van der Waals surface area (Å²) in [6.45, 7) is 4.56. The minimum atomic E-state index is -3.52. The summed E-state index contributed by atoms with van der Waals surface area (Å²) in [6, 6.07) is 6.30. The maximum Gasteiger partial charge on any atom is 0.240 e. The van der Waals surface area contributed by atoms with Crippen LogP contribution in [0.25, 0.3) is 0 Å². The first kappa shape index (κ1) is 18.3. The Bertz CT molecular complexity index is 680. The molecule has 2 fully saturated rings. The number of rotatable bonds is 8. The summed E-state index contributed by atoms with van der Waals surface area (Å²) in [5.74, 6) is 0.133. The van der Waals surface area contributed by atoms with Gasteiger partial charge in [0.25, 0.3) is 0 Å². The number of anilines is 1. The highest BCUT2D eigenvalue weighted by atomic mass is 32.2. The first-order valence-electron chi connectivity index (χ1n) is 8.75. The Morgan fingerprint density at radius 1 is 1.16 bits per heavy atom. The average Bonchev–Trinajstić information content (AvgIpc) is 3.45. The number of nitrogens with zero attached hydrogens (tertiary/aromatic N) is 1. The smallest absolute Gasteiger partial charge is 0.240 e. The molecule has 1 heterocycles. The lowest BCUT2D eigenvalue weighted by Crippen LogP contribution is -2.38. The van der Waals surface area contributed by atoms with Gasteiger partial charge in [0, 0.05) is 31.2 Å². The molecule has 1 aromatic rings. The van der Waals surface area contributed by atoms with E-state index >= 15 is 0 Å². The highest BCUT2D eigenvalue weighted by Crippen LogP contribution is 2.30. The second-order valence-corrected chi connectivity index (χ2v) is 8.26. The van der Waals surface area contributed by atoms with Crippen LogP contribution in [-0.4, -0.2) is 58.6 Å². The largest absolute Gasteiger partial charge is 0.379 e. The number of sulfonamides is 1. The highest BCUT2D eigenvalue weighted by molar-refractivity contribution is 7.89. The molecule has 0 bridgehead atoms. The van der Waals surface area contributed by atoms with E-state index in [1.807, 2.05) is 0 Å². The van der Waals surface area contributed by atoms with Crippen molar-refractivity contribution in [2.45, 2.75) is 24.2 Å². The maximum atomic E-state index is 12.3. The average molecular weight is 367 g/mol. The topological polar surface area (TPSA) is 87.7 Å². The fourth-order valence-corrected chi connectivity index (χ4v) is 3.80. The van der Waals surface area contributed by atoms with E-state index < -0.39 is 10.0 Å². The van der Waals surface area contributed by atoms with Gasteiger partial charge in [-0.25, -0.2) is 13.1 Å². The molecule has 2 aliphatic rings. The van der Waals surface area contributed by atoms with Gasteiger partial charge >= 0.3 is 0 Å². The fraction of sp³-hybridized carbons (Fsp3) is 0.588. The number of carbonyl (C=O) groups is 1. The zero-order valence-electron chi connectivity index (χ0n) is 14.2. The standard InChI is InChI=1S/C17H25N3O4S/c21-17(14-2-3-14)19-15-4-6-16(7-5-15)25(22,23)18-8-1-9-20-10-12-24-13-11-20/h4-7,14,18H,1-3,8-13H2,(H,19,21). The van der Waals surface area contributed by atoms with Crippen LogP contribution in [0.5, 0.6) is 0 Å². The van der Waals surface area contributed by atoms with Gasteiger partial charge in [0.1, 0.15) is 0 Å². The lowest BCUT2D eigenvalue weighted by Gasteiger charge is -2.26. The first-order chi connectivity index (χ1) is 12.0. The number of ether oxygens (including phenoxy) is 1. The monoisotopic (exact) mass is 367 g/mol. The summed E-state index contributed by atoms with van der Waals surface area (Å²) in [7, 11) is -3.52. The van der Waals surface area contributed by atoms with Crippen molar-refractivity contribution in [3.63, 3.8) is 0 Å². The number of nitrogens with one attached hydrogen (secondary N) is 2. The molecule has 3 rings (SSSR count). The van der Waals surface area contributed by atoms with Crippen molar-refractivity contribution in [1.29, 1.82) is 0 Å². The Labute approximate surface area is 148 Å². The van der Waals surface area contributed by atoms with Gasteiger partial charge in [-0.3, -0.25) is 9.69 Å². The Hall–Kier alpha value is -1.48. The van der Waals surface area contributed by atoms with E-state index in [4.69, 9.17) is 4.74 Å². The number of hydrogen-bond acceptors (Lipinski definition) is 5. The number of morpholine rings is 1. The van der Waals surface area contributed by atoms with Crippen molar-refractivity contribution in [2.75, 3.05) is 44.7 Å². The van der Waals surface area contributed by atoms with Gasteiger partial charge < -0.3 is 10.1 Å². The molecule has 0 aromatic heterocycles. The van der Waals surface area contributed by atoms with Crippen LogP contribution in [0.2, 0.25) is 0 Å². The number of carbonyl (C=O) groups excluding carboxylic acids is 1. The molecule has 138 valence electrons. The van der Waals surface area contributed by atoms with E-state index in [9.17, 15) is 13.2 Å². The summed E-state index contributed by atoms with van der Waals surface area (Å²) in [5, 5.41) is 2.80. The van der Waals surface area contributed by atoms with E-state index in [1.54, 1.807) is 12.1 Å². The van der Waals surface area contributed by atoms with Crippen LogP contribution < -0.4 is 10.0 Å². The quantitative estimate of drug-likeness (QED) is 0.670. The minimum absolute atomic E-state index is 0.0110. The molecule has 0 atom stereocenters. The Morgan fingerprint density at radius 2 is 1.84 bits per heavy atom.